The Kier molecular flexibility index (Phi) is 4.97. The van der Waals surface area contributed by atoms with Gasteiger partial charge in [0.2, 0.25) is 0 Å². The number of hydrogen-bond acceptors (Lipinski definition) is 5. The van der Waals surface area contributed by atoms with Crippen LogP contribution >= 0.6 is 0 Å². The fraction of sp³-hybridized carbons (Fsp3) is 0.522. The summed E-state index contributed by atoms with van der Waals surface area (Å²) in [6.07, 6.45) is -0.198. The number of nitrogens with zero attached hydrogens (tertiary/aromatic N) is 4. The van der Waals surface area contributed by atoms with E-state index >= 15 is 0 Å². The normalized spacial score (nSPS) is 21.4. The summed E-state index contributed by atoms with van der Waals surface area (Å²) in [4.78, 5) is 16.5. The van der Waals surface area contributed by atoms with E-state index in [-0.39, 0.29) is 6.09 Å². The van der Waals surface area contributed by atoms with Crippen LogP contribution in [0.1, 0.15) is 31.9 Å². The van der Waals surface area contributed by atoms with Gasteiger partial charge >= 0.3 is 6.09 Å². The predicted octanol–water partition coefficient (Wildman–Crippen LogP) is 4.06. The molecule has 3 heterocycles. The van der Waals surface area contributed by atoms with Crippen molar-refractivity contribution in [2.75, 3.05) is 31.1 Å². The highest BCUT2D eigenvalue weighted by Gasteiger charge is 2.43. The molecule has 6 nitrogen and oxygen atoms in total. The highest BCUT2D eigenvalue weighted by Crippen LogP contribution is 2.34. The molecule has 2 atom stereocenters. The van der Waals surface area contributed by atoms with E-state index in [0.717, 1.165) is 43.3 Å². The number of rotatable bonds is 2. The zero-order chi connectivity index (χ0) is 20.8. The molecule has 0 spiro atoms. The zero-order valence-corrected chi connectivity index (χ0v) is 18.0. The molecule has 2 aromatic rings. The van der Waals surface area contributed by atoms with Gasteiger partial charge in [-0.3, -0.25) is 0 Å². The van der Waals surface area contributed by atoms with Gasteiger partial charge in [-0.1, -0.05) is 17.2 Å². The number of carbonyl (C=O) groups is 1. The molecule has 2 aliphatic heterocycles. The van der Waals surface area contributed by atoms with Gasteiger partial charge in [-0.2, -0.15) is 0 Å². The molecule has 1 aromatic carbocycles. The molecular weight excluding hydrogens is 364 g/mol. The van der Waals surface area contributed by atoms with Crippen LogP contribution in [0.4, 0.5) is 10.6 Å². The summed E-state index contributed by atoms with van der Waals surface area (Å²) in [6, 6.07) is 10.6. The van der Waals surface area contributed by atoms with E-state index in [1.165, 1.54) is 11.1 Å². The smallest absolute Gasteiger partial charge is 0.410 e. The maximum atomic E-state index is 12.3. The van der Waals surface area contributed by atoms with Crippen LogP contribution < -0.4 is 4.90 Å². The predicted molar refractivity (Wildman–Crippen MR) is 114 cm³/mol. The van der Waals surface area contributed by atoms with Crippen LogP contribution in [-0.4, -0.2) is 53.0 Å². The average molecular weight is 395 g/mol. The minimum absolute atomic E-state index is 0.198. The Morgan fingerprint density at radius 1 is 0.966 bits per heavy atom. The van der Waals surface area contributed by atoms with Crippen LogP contribution in [-0.2, 0) is 4.74 Å². The number of ether oxygens (including phenoxy) is 1. The fourth-order valence-corrected chi connectivity index (χ4v) is 4.43. The summed E-state index contributed by atoms with van der Waals surface area (Å²) >= 11 is 0. The molecule has 0 aliphatic carbocycles. The van der Waals surface area contributed by atoms with E-state index in [2.05, 4.69) is 59.3 Å². The van der Waals surface area contributed by atoms with Gasteiger partial charge in [0.25, 0.3) is 0 Å². The third-order valence-electron chi connectivity index (χ3n) is 5.63. The highest BCUT2D eigenvalue weighted by atomic mass is 16.6. The zero-order valence-electron chi connectivity index (χ0n) is 18.0. The van der Waals surface area contributed by atoms with Crippen LogP contribution in [0.2, 0.25) is 0 Å². The molecule has 0 saturated carbocycles. The monoisotopic (exact) mass is 394 g/mol. The Bertz CT molecular complexity index is 870. The van der Waals surface area contributed by atoms with Gasteiger partial charge in [-0.25, -0.2) is 4.79 Å². The van der Waals surface area contributed by atoms with Crippen molar-refractivity contribution in [3.63, 3.8) is 0 Å². The lowest BCUT2D eigenvalue weighted by molar-refractivity contribution is 0.0282. The fourth-order valence-electron chi connectivity index (χ4n) is 4.43. The van der Waals surface area contributed by atoms with Gasteiger partial charge in [-0.15, -0.1) is 10.2 Å². The summed E-state index contributed by atoms with van der Waals surface area (Å²) in [7, 11) is 0. The third-order valence-corrected chi connectivity index (χ3v) is 5.63. The molecule has 2 saturated heterocycles. The van der Waals surface area contributed by atoms with Crippen LogP contribution in [0.25, 0.3) is 11.3 Å². The molecule has 0 unspecified atom stereocenters. The lowest BCUT2D eigenvalue weighted by Gasteiger charge is -2.26. The molecule has 4 rings (SSSR count). The Morgan fingerprint density at radius 2 is 1.59 bits per heavy atom. The first kappa shape index (κ1) is 19.7. The van der Waals surface area contributed by atoms with Crippen molar-refractivity contribution in [2.24, 2.45) is 11.8 Å². The maximum Gasteiger partial charge on any atom is 0.410 e. The number of fused-ring (bicyclic) bond motifs is 1. The maximum absolute atomic E-state index is 12.3. The number of benzene rings is 1. The van der Waals surface area contributed by atoms with Gasteiger partial charge < -0.3 is 14.5 Å². The first-order valence-corrected chi connectivity index (χ1v) is 10.3. The molecular formula is C23H30N4O2. The van der Waals surface area contributed by atoms with Crippen molar-refractivity contribution >= 4 is 11.9 Å². The second-order valence-corrected chi connectivity index (χ2v) is 9.46. The lowest BCUT2D eigenvalue weighted by Crippen LogP contribution is -2.37. The molecule has 1 amide bonds. The van der Waals surface area contributed by atoms with Crippen molar-refractivity contribution < 1.29 is 9.53 Å². The van der Waals surface area contributed by atoms with Crippen molar-refractivity contribution in [3.8, 4) is 11.3 Å². The van der Waals surface area contributed by atoms with Crippen LogP contribution in [0, 0.1) is 25.7 Å². The van der Waals surface area contributed by atoms with E-state index in [4.69, 9.17) is 4.74 Å². The van der Waals surface area contributed by atoms with Crippen LogP contribution in [0.15, 0.2) is 30.3 Å². The number of likely N-dealkylation sites (tertiary alicyclic amines) is 1. The summed E-state index contributed by atoms with van der Waals surface area (Å²) in [5.41, 5.74) is 4.01. The molecule has 0 radical (unpaired) electrons. The second kappa shape index (κ2) is 7.32. The first-order valence-electron chi connectivity index (χ1n) is 10.3. The molecule has 0 bridgehead atoms. The van der Waals surface area contributed by atoms with Gasteiger partial charge in [0.15, 0.2) is 5.82 Å². The largest absolute Gasteiger partial charge is 0.444 e. The molecule has 2 aliphatic rings. The minimum Gasteiger partial charge on any atom is -0.444 e. The van der Waals surface area contributed by atoms with Crippen LogP contribution in [0.5, 0.6) is 0 Å². The van der Waals surface area contributed by atoms with Gasteiger partial charge in [0.05, 0.1) is 5.69 Å². The number of amides is 1. The van der Waals surface area contributed by atoms with Crippen molar-refractivity contribution in [2.45, 2.75) is 40.2 Å². The number of anilines is 1. The third kappa shape index (κ3) is 4.36. The van der Waals surface area contributed by atoms with E-state index in [0.29, 0.717) is 11.8 Å². The number of aryl methyl sites for hydroxylation is 2. The molecule has 2 fully saturated rings. The molecule has 29 heavy (non-hydrogen) atoms. The van der Waals surface area contributed by atoms with Crippen molar-refractivity contribution in [3.05, 3.63) is 41.5 Å². The summed E-state index contributed by atoms with van der Waals surface area (Å²) in [6.45, 7) is 13.2. The summed E-state index contributed by atoms with van der Waals surface area (Å²) in [5.74, 6) is 1.84. The van der Waals surface area contributed by atoms with E-state index in [1.54, 1.807) is 0 Å². The number of hydrogen-bond donors (Lipinski definition) is 0. The van der Waals surface area contributed by atoms with Crippen molar-refractivity contribution in [1.29, 1.82) is 0 Å². The SMILES string of the molecule is Cc1cc(C)cc(-c2ccc(N3C[C@H]4CN(C(=O)OC(C)(C)C)C[C@H]4C3)nn2)c1. The lowest BCUT2D eigenvalue weighted by atomic mass is 10.0. The first-order chi connectivity index (χ1) is 13.7. The quantitative estimate of drug-likeness (QED) is 0.769. The molecule has 0 N–H and O–H groups in total. The van der Waals surface area contributed by atoms with Crippen LogP contribution in [0.3, 0.4) is 0 Å². The van der Waals surface area contributed by atoms with Gasteiger partial charge in [0.1, 0.15) is 5.60 Å². The van der Waals surface area contributed by atoms with Gasteiger partial charge in [-0.05, 0) is 58.9 Å². The van der Waals surface area contributed by atoms with E-state index < -0.39 is 5.60 Å². The highest BCUT2D eigenvalue weighted by molar-refractivity contribution is 5.68. The minimum atomic E-state index is -0.450. The Labute approximate surface area is 172 Å². The Hall–Kier alpha value is -2.63. The Morgan fingerprint density at radius 3 is 2.10 bits per heavy atom. The topological polar surface area (TPSA) is 58.6 Å². The number of aromatic nitrogens is 2. The molecule has 6 heteroatoms. The van der Waals surface area contributed by atoms with Crippen molar-refractivity contribution in [1.82, 2.24) is 15.1 Å². The summed E-state index contributed by atoms with van der Waals surface area (Å²) < 4.78 is 5.52. The standard InChI is InChI=1S/C23H30N4O2/c1-15-8-16(2)10-17(9-15)20-6-7-21(25-24-20)26-11-18-13-27(14-19(18)12-26)22(28)29-23(3,4)5/h6-10,18-19H,11-14H2,1-5H3/t18-,19+. The second-order valence-electron chi connectivity index (χ2n) is 9.46. The average Bonchev–Trinajstić information content (AvgIpc) is 3.19. The number of carbonyl (C=O) groups excluding carboxylic acids is 1. The Balaban J connectivity index is 1.39. The molecule has 1 aromatic heterocycles. The van der Waals surface area contributed by atoms with E-state index in [9.17, 15) is 4.79 Å². The molecule has 154 valence electrons. The van der Waals surface area contributed by atoms with E-state index in [1.807, 2.05) is 25.7 Å². The summed E-state index contributed by atoms with van der Waals surface area (Å²) in [5, 5.41) is 8.97. The van der Waals surface area contributed by atoms with Gasteiger partial charge in [0, 0.05) is 43.6 Å².